The van der Waals surface area contributed by atoms with E-state index in [9.17, 15) is 4.79 Å². The zero-order chi connectivity index (χ0) is 17.2. The van der Waals surface area contributed by atoms with Crippen LogP contribution in [0.5, 0.6) is 0 Å². The molecule has 7 heteroatoms. The molecule has 0 saturated heterocycles. The standard InChI is InChI=1S/C18H15N5O2/c1-12-6-7-23-11-21-16(17(23)22-12)18(24)20-10-14-5-4-13(9-19-14)15-3-2-8-25-15/h2-9,11H,10H2,1H3,(H,20,24). The molecule has 4 heterocycles. The number of imidazole rings is 1. The van der Waals surface area contributed by atoms with Crippen LogP contribution in [0.4, 0.5) is 0 Å². The molecule has 0 fully saturated rings. The second-order valence-corrected chi connectivity index (χ2v) is 5.59. The topological polar surface area (TPSA) is 85.3 Å². The number of amides is 1. The van der Waals surface area contributed by atoms with Crippen LogP contribution in [-0.2, 0) is 6.54 Å². The van der Waals surface area contributed by atoms with Crippen molar-refractivity contribution in [2.75, 3.05) is 0 Å². The van der Waals surface area contributed by atoms with Crippen LogP contribution in [0.15, 0.2) is 59.7 Å². The van der Waals surface area contributed by atoms with E-state index in [1.165, 1.54) is 0 Å². The Morgan fingerprint density at radius 1 is 1.24 bits per heavy atom. The van der Waals surface area contributed by atoms with Gasteiger partial charge in [-0.15, -0.1) is 0 Å². The third kappa shape index (κ3) is 2.99. The van der Waals surface area contributed by atoms with Crippen molar-refractivity contribution in [2.24, 2.45) is 0 Å². The molecule has 0 atom stereocenters. The number of hydrogen-bond acceptors (Lipinski definition) is 5. The van der Waals surface area contributed by atoms with Crippen molar-refractivity contribution in [1.29, 1.82) is 0 Å². The number of fused-ring (bicyclic) bond motifs is 1. The number of carbonyl (C=O) groups is 1. The van der Waals surface area contributed by atoms with Crippen LogP contribution in [0.2, 0.25) is 0 Å². The third-order valence-electron chi connectivity index (χ3n) is 3.80. The Bertz CT molecular complexity index is 1020. The van der Waals surface area contributed by atoms with Gasteiger partial charge in [0.15, 0.2) is 11.3 Å². The van der Waals surface area contributed by atoms with E-state index in [0.29, 0.717) is 17.9 Å². The van der Waals surface area contributed by atoms with Crippen molar-refractivity contribution in [3.8, 4) is 11.3 Å². The van der Waals surface area contributed by atoms with Crippen LogP contribution in [0.25, 0.3) is 17.0 Å². The lowest BCUT2D eigenvalue weighted by atomic mass is 10.2. The van der Waals surface area contributed by atoms with E-state index in [-0.39, 0.29) is 5.91 Å². The van der Waals surface area contributed by atoms with Crippen molar-refractivity contribution in [3.05, 3.63) is 72.4 Å². The van der Waals surface area contributed by atoms with Gasteiger partial charge in [-0.1, -0.05) is 0 Å². The lowest BCUT2D eigenvalue weighted by Gasteiger charge is -2.04. The van der Waals surface area contributed by atoms with E-state index in [2.05, 4.69) is 20.3 Å². The minimum absolute atomic E-state index is 0.280. The maximum atomic E-state index is 12.4. The lowest BCUT2D eigenvalue weighted by Crippen LogP contribution is -2.24. The van der Waals surface area contributed by atoms with Gasteiger partial charge in [-0.25, -0.2) is 9.97 Å². The first-order valence-electron chi connectivity index (χ1n) is 7.78. The first kappa shape index (κ1) is 15.1. The van der Waals surface area contributed by atoms with Gasteiger partial charge in [0.1, 0.15) is 12.1 Å². The van der Waals surface area contributed by atoms with Gasteiger partial charge in [-0.05, 0) is 37.3 Å². The fourth-order valence-corrected chi connectivity index (χ4v) is 2.50. The van der Waals surface area contributed by atoms with Gasteiger partial charge >= 0.3 is 0 Å². The summed E-state index contributed by atoms with van der Waals surface area (Å²) in [6, 6.07) is 9.32. The molecule has 1 N–H and O–H groups in total. The van der Waals surface area contributed by atoms with Gasteiger partial charge in [-0.3, -0.25) is 14.2 Å². The zero-order valence-electron chi connectivity index (χ0n) is 13.5. The highest BCUT2D eigenvalue weighted by Gasteiger charge is 2.14. The number of pyridine rings is 1. The molecular formula is C18H15N5O2. The normalized spacial score (nSPS) is 10.9. The molecule has 0 saturated carbocycles. The fraction of sp³-hybridized carbons (Fsp3) is 0.111. The van der Waals surface area contributed by atoms with Gasteiger partial charge in [0.25, 0.3) is 5.91 Å². The number of hydrogen-bond donors (Lipinski definition) is 1. The first-order valence-corrected chi connectivity index (χ1v) is 7.78. The second kappa shape index (κ2) is 6.20. The zero-order valence-corrected chi connectivity index (χ0v) is 13.5. The Morgan fingerprint density at radius 3 is 2.92 bits per heavy atom. The molecular weight excluding hydrogens is 318 g/mol. The van der Waals surface area contributed by atoms with Gasteiger partial charge in [0.2, 0.25) is 0 Å². The molecule has 0 aliphatic rings. The molecule has 0 radical (unpaired) electrons. The van der Waals surface area contributed by atoms with Crippen molar-refractivity contribution >= 4 is 11.6 Å². The Hall–Kier alpha value is -3.48. The van der Waals surface area contributed by atoms with Crippen LogP contribution >= 0.6 is 0 Å². The molecule has 0 aromatic carbocycles. The molecule has 0 aliphatic heterocycles. The molecule has 0 bridgehead atoms. The van der Waals surface area contributed by atoms with Crippen molar-refractivity contribution in [2.45, 2.75) is 13.5 Å². The summed E-state index contributed by atoms with van der Waals surface area (Å²) in [6.45, 7) is 2.18. The highest BCUT2D eigenvalue weighted by molar-refractivity contribution is 5.97. The Labute approximate surface area is 143 Å². The number of rotatable bonds is 4. The van der Waals surface area contributed by atoms with Crippen molar-refractivity contribution < 1.29 is 9.21 Å². The van der Waals surface area contributed by atoms with Crippen LogP contribution in [0.3, 0.4) is 0 Å². The number of aryl methyl sites for hydroxylation is 1. The number of nitrogens with zero attached hydrogens (tertiary/aromatic N) is 4. The molecule has 124 valence electrons. The van der Waals surface area contributed by atoms with Gasteiger partial charge in [0, 0.05) is 23.7 Å². The summed E-state index contributed by atoms with van der Waals surface area (Å²) >= 11 is 0. The molecule has 0 spiro atoms. The summed E-state index contributed by atoms with van der Waals surface area (Å²) in [5.41, 5.74) is 3.31. The summed E-state index contributed by atoms with van der Waals surface area (Å²) in [6.07, 6.45) is 6.75. The van der Waals surface area contributed by atoms with E-state index in [1.807, 2.05) is 43.5 Å². The maximum absolute atomic E-state index is 12.4. The van der Waals surface area contributed by atoms with Crippen LogP contribution in [-0.4, -0.2) is 25.3 Å². The quantitative estimate of drug-likeness (QED) is 0.620. The Balaban J connectivity index is 1.47. The average molecular weight is 333 g/mol. The predicted octanol–water partition coefficient (Wildman–Crippen LogP) is 2.62. The third-order valence-corrected chi connectivity index (χ3v) is 3.80. The smallest absolute Gasteiger partial charge is 0.274 e. The molecule has 1 amide bonds. The lowest BCUT2D eigenvalue weighted by molar-refractivity contribution is 0.0947. The molecule has 0 unspecified atom stereocenters. The summed E-state index contributed by atoms with van der Waals surface area (Å²) in [5.74, 6) is 0.478. The summed E-state index contributed by atoms with van der Waals surface area (Å²) < 4.78 is 7.05. The monoisotopic (exact) mass is 333 g/mol. The van der Waals surface area contributed by atoms with E-state index in [1.54, 1.807) is 23.2 Å². The van der Waals surface area contributed by atoms with Crippen LogP contribution in [0, 0.1) is 6.92 Å². The number of carbonyl (C=O) groups excluding carboxylic acids is 1. The van der Waals surface area contributed by atoms with E-state index in [0.717, 1.165) is 22.7 Å². The summed E-state index contributed by atoms with van der Waals surface area (Å²) in [5, 5.41) is 2.83. The summed E-state index contributed by atoms with van der Waals surface area (Å²) in [7, 11) is 0. The Kier molecular flexibility index (Phi) is 3.74. The molecule has 0 aliphatic carbocycles. The van der Waals surface area contributed by atoms with E-state index >= 15 is 0 Å². The Morgan fingerprint density at radius 2 is 2.16 bits per heavy atom. The summed E-state index contributed by atoms with van der Waals surface area (Å²) in [4.78, 5) is 25.3. The number of aromatic nitrogens is 4. The molecule has 4 aromatic heterocycles. The molecule has 4 aromatic rings. The van der Waals surface area contributed by atoms with Crippen LogP contribution < -0.4 is 5.32 Å². The second-order valence-electron chi connectivity index (χ2n) is 5.59. The predicted molar refractivity (Wildman–Crippen MR) is 90.8 cm³/mol. The fourth-order valence-electron chi connectivity index (χ4n) is 2.50. The maximum Gasteiger partial charge on any atom is 0.274 e. The average Bonchev–Trinajstić information content (AvgIpc) is 3.29. The van der Waals surface area contributed by atoms with E-state index < -0.39 is 0 Å². The molecule has 7 nitrogen and oxygen atoms in total. The van der Waals surface area contributed by atoms with Gasteiger partial charge in [0.05, 0.1) is 18.5 Å². The van der Waals surface area contributed by atoms with Gasteiger partial charge in [-0.2, -0.15) is 0 Å². The van der Waals surface area contributed by atoms with E-state index in [4.69, 9.17) is 4.42 Å². The van der Waals surface area contributed by atoms with Crippen molar-refractivity contribution in [1.82, 2.24) is 24.7 Å². The highest BCUT2D eigenvalue weighted by Crippen LogP contribution is 2.18. The largest absolute Gasteiger partial charge is 0.464 e. The minimum atomic E-state index is -0.280. The molecule has 4 rings (SSSR count). The number of furan rings is 1. The minimum Gasteiger partial charge on any atom is -0.464 e. The van der Waals surface area contributed by atoms with Crippen molar-refractivity contribution in [3.63, 3.8) is 0 Å². The first-order chi connectivity index (χ1) is 12.2. The van der Waals surface area contributed by atoms with Crippen LogP contribution in [0.1, 0.15) is 21.9 Å². The SMILES string of the molecule is Cc1ccn2cnc(C(=O)NCc3ccc(-c4ccco4)cn3)c2n1. The highest BCUT2D eigenvalue weighted by atomic mass is 16.3. The number of nitrogens with one attached hydrogen (secondary N) is 1. The van der Waals surface area contributed by atoms with Gasteiger partial charge < -0.3 is 9.73 Å². The molecule has 25 heavy (non-hydrogen) atoms.